The molecule has 0 aromatic rings. The monoisotopic (exact) mass is 152 g/mol. The van der Waals surface area contributed by atoms with Crippen LogP contribution in [0.15, 0.2) is 24.4 Å². The molecule has 1 atom stereocenters. The van der Waals surface area contributed by atoms with Gasteiger partial charge in [0.05, 0.1) is 19.8 Å². The van der Waals surface area contributed by atoms with Crippen LogP contribution in [-0.2, 0) is 0 Å². The Morgan fingerprint density at radius 2 is 2.18 bits per heavy atom. The molecule has 0 aromatic carbocycles. The van der Waals surface area contributed by atoms with Gasteiger partial charge in [-0.2, -0.15) is 0 Å². The van der Waals surface area contributed by atoms with Gasteiger partial charge in [-0.25, -0.2) is 0 Å². The average Bonchev–Trinajstić information content (AvgIpc) is 2.03. The van der Waals surface area contributed by atoms with Crippen molar-refractivity contribution in [2.45, 2.75) is 19.8 Å². The number of nitrogens with zero attached hydrogens (tertiary/aromatic N) is 1. The first kappa shape index (κ1) is 8.54. The molecule has 1 heterocycles. The summed E-state index contributed by atoms with van der Waals surface area (Å²) < 4.78 is 1.09. The smallest absolute Gasteiger partial charge is 0.102 e. The Balaban J connectivity index is 2.40. The summed E-state index contributed by atoms with van der Waals surface area (Å²) in [5.74, 6) is 0. The summed E-state index contributed by atoms with van der Waals surface area (Å²) in [5, 5.41) is 0. The molecule has 1 rings (SSSR count). The van der Waals surface area contributed by atoms with Crippen molar-refractivity contribution in [2.75, 3.05) is 20.1 Å². The molecule has 0 amide bonds. The first-order valence-electron chi connectivity index (χ1n) is 4.45. The number of allylic oxidation sites excluding steroid dienone is 2. The number of quaternary nitrogens is 1. The lowest BCUT2D eigenvalue weighted by Crippen LogP contribution is -2.40. The number of unbranched alkanes of at least 4 members (excludes halogenated alkanes) is 1. The summed E-state index contributed by atoms with van der Waals surface area (Å²) in [4.78, 5) is 0. The van der Waals surface area contributed by atoms with Gasteiger partial charge in [0.25, 0.3) is 0 Å². The molecule has 62 valence electrons. The standard InChI is InChI=1S/C10H18N/c1-3-4-8-11(2)9-6-5-7-10-11/h5-7,9H,3-4,8,10H2,1-2H3/q+1. The Bertz CT molecular complexity index is 170. The molecule has 0 spiro atoms. The maximum absolute atomic E-state index is 2.29. The molecule has 0 aliphatic carbocycles. The van der Waals surface area contributed by atoms with Crippen molar-refractivity contribution < 1.29 is 4.48 Å². The molecule has 0 saturated heterocycles. The number of likely N-dealkylation sites (N-methyl/N-ethyl adjacent to an activating group) is 1. The fourth-order valence-corrected chi connectivity index (χ4v) is 1.38. The summed E-state index contributed by atoms with van der Waals surface area (Å²) in [6.45, 7) is 4.68. The second kappa shape index (κ2) is 3.72. The highest BCUT2D eigenvalue weighted by molar-refractivity contribution is 5.03. The molecule has 1 heteroatoms. The SMILES string of the molecule is CCCC[N+]1(C)C=CC=CC1. The first-order valence-corrected chi connectivity index (χ1v) is 4.45. The van der Waals surface area contributed by atoms with Gasteiger partial charge in [0.2, 0.25) is 0 Å². The van der Waals surface area contributed by atoms with Crippen LogP contribution in [0.1, 0.15) is 19.8 Å². The van der Waals surface area contributed by atoms with E-state index in [2.05, 4.69) is 38.4 Å². The molecule has 1 nitrogen and oxygen atoms in total. The van der Waals surface area contributed by atoms with Gasteiger partial charge in [0.1, 0.15) is 6.54 Å². The van der Waals surface area contributed by atoms with Gasteiger partial charge in [-0.1, -0.05) is 19.4 Å². The summed E-state index contributed by atoms with van der Waals surface area (Å²) >= 11 is 0. The Morgan fingerprint density at radius 1 is 1.36 bits per heavy atom. The summed E-state index contributed by atoms with van der Waals surface area (Å²) in [7, 11) is 2.29. The fraction of sp³-hybridized carbons (Fsp3) is 0.600. The van der Waals surface area contributed by atoms with Gasteiger partial charge in [-0.3, -0.25) is 4.48 Å². The van der Waals surface area contributed by atoms with Crippen molar-refractivity contribution in [3.05, 3.63) is 24.4 Å². The Hall–Kier alpha value is -0.560. The summed E-state index contributed by atoms with van der Waals surface area (Å²) in [6, 6.07) is 0. The molecule has 0 N–H and O–H groups in total. The van der Waals surface area contributed by atoms with E-state index in [1.807, 2.05) is 0 Å². The predicted octanol–water partition coefficient (Wildman–Crippen LogP) is 2.32. The second-order valence-corrected chi connectivity index (χ2v) is 3.51. The van der Waals surface area contributed by atoms with E-state index >= 15 is 0 Å². The van der Waals surface area contributed by atoms with E-state index in [0.29, 0.717) is 0 Å². The minimum atomic E-state index is 1.09. The van der Waals surface area contributed by atoms with E-state index in [0.717, 1.165) is 11.0 Å². The van der Waals surface area contributed by atoms with Crippen LogP contribution >= 0.6 is 0 Å². The molecule has 11 heavy (non-hydrogen) atoms. The van der Waals surface area contributed by atoms with Crippen LogP contribution in [0.2, 0.25) is 0 Å². The highest BCUT2D eigenvalue weighted by Crippen LogP contribution is 2.10. The van der Waals surface area contributed by atoms with E-state index in [4.69, 9.17) is 0 Å². The van der Waals surface area contributed by atoms with Crippen LogP contribution in [-0.4, -0.2) is 24.6 Å². The fourth-order valence-electron chi connectivity index (χ4n) is 1.38. The molecule has 0 bridgehead atoms. The minimum absolute atomic E-state index is 1.09. The zero-order valence-electron chi connectivity index (χ0n) is 7.59. The lowest BCUT2D eigenvalue weighted by Gasteiger charge is -2.30. The van der Waals surface area contributed by atoms with Gasteiger partial charge < -0.3 is 0 Å². The van der Waals surface area contributed by atoms with Crippen molar-refractivity contribution in [3.8, 4) is 0 Å². The molecule has 1 unspecified atom stereocenters. The van der Waals surface area contributed by atoms with E-state index < -0.39 is 0 Å². The van der Waals surface area contributed by atoms with Crippen LogP contribution in [0.3, 0.4) is 0 Å². The van der Waals surface area contributed by atoms with Crippen molar-refractivity contribution >= 4 is 0 Å². The Kier molecular flexibility index (Phi) is 2.89. The van der Waals surface area contributed by atoms with Gasteiger partial charge in [0, 0.05) is 0 Å². The molecular formula is C10H18N+. The van der Waals surface area contributed by atoms with Crippen LogP contribution in [0, 0.1) is 0 Å². The Morgan fingerprint density at radius 3 is 2.73 bits per heavy atom. The molecule has 0 saturated carbocycles. The lowest BCUT2D eigenvalue weighted by molar-refractivity contribution is -0.854. The molecule has 0 radical (unpaired) electrons. The van der Waals surface area contributed by atoms with Crippen molar-refractivity contribution in [2.24, 2.45) is 0 Å². The third-order valence-corrected chi connectivity index (χ3v) is 2.24. The van der Waals surface area contributed by atoms with Gasteiger partial charge in [0.15, 0.2) is 0 Å². The summed E-state index contributed by atoms with van der Waals surface area (Å²) in [6.07, 6.45) is 11.4. The van der Waals surface area contributed by atoms with Gasteiger partial charge >= 0.3 is 0 Å². The third kappa shape index (κ3) is 2.51. The van der Waals surface area contributed by atoms with E-state index in [1.54, 1.807) is 0 Å². The summed E-state index contributed by atoms with van der Waals surface area (Å²) in [5.41, 5.74) is 0. The minimum Gasteiger partial charge on any atom is -0.296 e. The highest BCUT2D eigenvalue weighted by atomic mass is 15.3. The van der Waals surface area contributed by atoms with Crippen LogP contribution < -0.4 is 0 Å². The molecular weight excluding hydrogens is 134 g/mol. The zero-order valence-corrected chi connectivity index (χ0v) is 7.59. The molecule has 1 aliphatic rings. The van der Waals surface area contributed by atoms with Crippen molar-refractivity contribution in [3.63, 3.8) is 0 Å². The highest BCUT2D eigenvalue weighted by Gasteiger charge is 2.16. The van der Waals surface area contributed by atoms with E-state index in [-0.39, 0.29) is 0 Å². The average molecular weight is 152 g/mol. The van der Waals surface area contributed by atoms with Gasteiger partial charge in [-0.05, 0) is 18.6 Å². The van der Waals surface area contributed by atoms with Gasteiger partial charge in [-0.15, -0.1) is 0 Å². The lowest BCUT2D eigenvalue weighted by atomic mass is 10.2. The molecule has 1 aliphatic heterocycles. The third-order valence-electron chi connectivity index (χ3n) is 2.24. The normalized spacial score (nSPS) is 29.3. The number of rotatable bonds is 3. The van der Waals surface area contributed by atoms with Crippen LogP contribution in [0.5, 0.6) is 0 Å². The molecule has 0 aromatic heterocycles. The van der Waals surface area contributed by atoms with Crippen LogP contribution in [0.4, 0.5) is 0 Å². The maximum atomic E-state index is 2.29. The Labute approximate surface area is 69.6 Å². The van der Waals surface area contributed by atoms with Crippen molar-refractivity contribution in [1.82, 2.24) is 0 Å². The van der Waals surface area contributed by atoms with Crippen LogP contribution in [0.25, 0.3) is 0 Å². The van der Waals surface area contributed by atoms with E-state index in [9.17, 15) is 0 Å². The topological polar surface area (TPSA) is 0 Å². The first-order chi connectivity index (χ1) is 5.27. The number of hydrogen-bond acceptors (Lipinski definition) is 0. The largest absolute Gasteiger partial charge is 0.296 e. The second-order valence-electron chi connectivity index (χ2n) is 3.51. The predicted molar refractivity (Wildman–Crippen MR) is 49.1 cm³/mol. The number of hydrogen-bond donors (Lipinski definition) is 0. The van der Waals surface area contributed by atoms with Crippen molar-refractivity contribution in [1.29, 1.82) is 0 Å². The zero-order chi connectivity index (χ0) is 8.16. The molecule has 0 fully saturated rings. The maximum Gasteiger partial charge on any atom is 0.102 e. The van der Waals surface area contributed by atoms with E-state index in [1.165, 1.54) is 19.4 Å². The quantitative estimate of drug-likeness (QED) is 0.544.